The Hall–Kier alpha value is -2.37. The lowest BCUT2D eigenvalue weighted by Crippen LogP contribution is -2.54. The normalized spacial score (nSPS) is 18.2. The summed E-state index contributed by atoms with van der Waals surface area (Å²) in [4.78, 5) is 30.4. The number of amides is 1. The van der Waals surface area contributed by atoms with Crippen LogP contribution in [0.15, 0.2) is 48.5 Å². The molecule has 33 heavy (non-hydrogen) atoms. The molecule has 2 aromatic rings. The lowest BCUT2D eigenvalue weighted by atomic mass is 9.98. The molecule has 0 spiro atoms. The van der Waals surface area contributed by atoms with Gasteiger partial charge in [-0.1, -0.05) is 18.0 Å². The molecule has 0 N–H and O–H groups in total. The molecule has 2 heterocycles. The molecule has 1 amide bonds. The van der Waals surface area contributed by atoms with Crippen molar-refractivity contribution in [2.75, 3.05) is 26.2 Å². The third-order valence-corrected chi connectivity index (χ3v) is 7.02. The van der Waals surface area contributed by atoms with E-state index in [1.54, 1.807) is 48.5 Å². The first-order valence-electron chi connectivity index (χ1n) is 12.0. The molecule has 0 atom stereocenters. The number of piperidine rings is 2. The van der Waals surface area contributed by atoms with Crippen molar-refractivity contribution in [3.05, 3.63) is 64.7 Å². The van der Waals surface area contributed by atoms with Gasteiger partial charge >= 0.3 is 0 Å². The number of carbonyl (C=O) groups is 2. The lowest BCUT2D eigenvalue weighted by molar-refractivity contribution is -0.147. The predicted octanol–water partition coefficient (Wildman–Crippen LogP) is 5.21. The zero-order valence-corrected chi connectivity index (χ0v) is 20.3. The number of ether oxygens (including phenoxy) is 1. The summed E-state index contributed by atoms with van der Waals surface area (Å²) in [6.45, 7) is 7.59. The van der Waals surface area contributed by atoms with Crippen molar-refractivity contribution in [2.45, 2.75) is 57.6 Å². The minimum atomic E-state index is -0.973. The Bertz CT molecular complexity index is 958. The fourth-order valence-electron chi connectivity index (χ4n) is 4.88. The Morgan fingerprint density at radius 3 is 1.97 bits per heavy atom. The van der Waals surface area contributed by atoms with Gasteiger partial charge in [0, 0.05) is 35.3 Å². The van der Waals surface area contributed by atoms with Crippen LogP contribution in [0.25, 0.3) is 0 Å². The third kappa shape index (κ3) is 5.77. The molecule has 2 aliphatic heterocycles. The molecule has 0 saturated carbocycles. The van der Waals surface area contributed by atoms with E-state index in [4.69, 9.17) is 16.3 Å². The Balaban J connectivity index is 1.33. The van der Waals surface area contributed by atoms with Crippen LogP contribution in [0.3, 0.4) is 0 Å². The molecular weight excluding hydrogens is 436 g/mol. The Morgan fingerprint density at radius 2 is 1.39 bits per heavy atom. The fraction of sp³-hybridized carbons (Fsp3) is 0.481. The van der Waals surface area contributed by atoms with Crippen molar-refractivity contribution >= 4 is 23.3 Å². The van der Waals surface area contributed by atoms with Gasteiger partial charge in [0.05, 0.1) is 0 Å². The number of halogens is 1. The molecule has 0 aliphatic carbocycles. The van der Waals surface area contributed by atoms with Gasteiger partial charge in [-0.05, 0) is 101 Å². The third-order valence-electron chi connectivity index (χ3n) is 6.77. The van der Waals surface area contributed by atoms with E-state index in [0.717, 1.165) is 25.9 Å². The maximum absolute atomic E-state index is 13.2. The van der Waals surface area contributed by atoms with Crippen molar-refractivity contribution in [3.8, 4) is 5.75 Å². The van der Waals surface area contributed by atoms with Gasteiger partial charge in [-0.2, -0.15) is 0 Å². The van der Waals surface area contributed by atoms with Gasteiger partial charge in [-0.15, -0.1) is 0 Å². The predicted molar refractivity (Wildman–Crippen MR) is 131 cm³/mol. The van der Waals surface area contributed by atoms with E-state index in [1.165, 1.54) is 32.4 Å². The summed E-state index contributed by atoms with van der Waals surface area (Å²) < 4.78 is 6.09. The van der Waals surface area contributed by atoms with Crippen molar-refractivity contribution in [3.63, 3.8) is 0 Å². The molecule has 6 heteroatoms. The van der Waals surface area contributed by atoms with Crippen LogP contribution in [0.5, 0.6) is 5.75 Å². The van der Waals surface area contributed by atoms with E-state index >= 15 is 0 Å². The SMILES string of the molecule is CC(C)(Oc1ccc(C(=O)c2ccc(Cl)cc2)cc1)C(=O)N1CCC(N2CCCCC2)CC1. The standard InChI is InChI=1S/C27H33ClN2O3/c1-27(2,26(32)30-18-14-23(15-19-30)29-16-4-3-5-17-29)33-24-12-8-21(9-13-24)25(31)20-6-10-22(28)11-7-20/h6-13,23H,3-5,14-19H2,1-2H3. The molecule has 0 unspecified atom stereocenters. The van der Waals surface area contributed by atoms with Crippen LogP contribution in [0.4, 0.5) is 0 Å². The van der Waals surface area contributed by atoms with Gasteiger partial charge in [-0.3, -0.25) is 9.59 Å². The Labute approximate surface area is 201 Å². The number of likely N-dealkylation sites (tertiary alicyclic amines) is 2. The number of benzene rings is 2. The monoisotopic (exact) mass is 468 g/mol. The molecular formula is C27H33ClN2O3. The van der Waals surface area contributed by atoms with E-state index in [2.05, 4.69) is 4.90 Å². The first-order valence-corrected chi connectivity index (χ1v) is 12.3. The van der Waals surface area contributed by atoms with E-state index in [1.807, 2.05) is 18.7 Å². The van der Waals surface area contributed by atoms with Gasteiger partial charge in [0.15, 0.2) is 11.4 Å². The molecule has 0 aromatic heterocycles. The van der Waals surface area contributed by atoms with Gasteiger partial charge in [-0.25, -0.2) is 0 Å². The number of rotatable bonds is 6. The van der Waals surface area contributed by atoms with Crippen molar-refractivity contribution < 1.29 is 14.3 Å². The molecule has 176 valence electrons. The summed E-state index contributed by atoms with van der Waals surface area (Å²) in [6, 6.07) is 14.4. The zero-order valence-electron chi connectivity index (χ0n) is 19.6. The van der Waals surface area contributed by atoms with Crippen molar-refractivity contribution in [2.24, 2.45) is 0 Å². The molecule has 2 aliphatic rings. The smallest absolute Gasteiger partial charge is 0.266 e. The van der Waals surface area contributed by atoms with Crippen molar-refractivity contribution in [1.29, 1.82) is 0 Å². The Kier molecular flexibility index (Phi) is 7.40. The summed E-state index contributed by atoms with van der Waals surface area (Å²) >= 11 is 5.91. The summed E-state index contributed by atoms with van der Waals surface area (Å²) in [6.07, 6.45) is 6.00. The highest BCUT2D eigenvalue weighted by molar-refractivity contribution is 6.30. The first kappa shape index (κ1) is 23.8. The number of hydrogen-bond acceptors (Lipinski definition) is 4. The Morgan fingerprint density at radius 1 is 0.848 bits per heavy atom. The van der Waals surface area contributed by atoms with Crippen molar-refractivity contribution in [1.82, 2.24) is 9.80 Å². The highest BCUT2D eigenvalue weighted by Crippen LogP contribution is 2.26. The summed E-state index contributed by atoms with van der Waals surface area (Å²) in [5.41, 5.74) is 0.171. The minimum absolute atomic E-state index is 0.0147. The molecule has 2 saturated heterocycles. The van der Waals surface area contributed by atoms with Crippen LogP contribution in [0.1, 0.15) is 61.9 Å². The molecule has 0 radical (unpaired) electrons. The van der Waals surface area contributed by atoms with Crippen LogP contribution in [0, 0.1) is 0 Å². The minimum Gasteiger partial charge on any atom is -0.478 e. The maximum Gasteiger partial charge on any atom is 0.266 e. The summed E-state index contributed by atoms with van der Waals surface area (Å²) in [7, 11) is 0. The average Bonchev–Trinajstić information content (AvgIpc) is 2.84. The van der Waals surface area contributed by atoms with E-state index < -0.39 is 5.60 Å². The van der Waals surface area contributed by atoms with Gasteiger partial charge in [0.25, 0.3) is 5.91 Å². The number of nitrogens with zero attached hydrogens (tertiary/aromatic N) is 2. The average molecular weight is 469 g/mol. The second-order valence-corrected chi connectivity index (χ2v) is 10.0. The number of hydrogen-bond donors (Lipinski definition) is 0. The van der Waals surface area contributed by atoms with E-state index in [9.17, 15) is 9.59 Å². The van der Waals surface area contributed by atoms with E-state index in [0.29, 0.717) is 27.9 Å². The molecule has 2 fully saturated rings. The molecule has 0 bridgehead atoms. The highest BCUT2D eigenvalue weighted by atomic mass is 35.5. The van der Waals surface area contributed by atoms with Crippen LogP contribution >= 0.6 is 11.6 Å². The fourth-order valence-corrected chi connectivity index (χ4v) is 5.00. The molecule has 4 rings (SSSR count). The quantitative estimate of drug-likeness (QED) is 0.546. The number of carbonyl (C=O) groups excluding carboxylic acids is 2. The van der Waals surface area contributed by atoms with Gasteiger partial charge in [0.1, 0.15) is 5.75 Å². The first-order chi connectivity index (χ1) is 15.8. The molecule has 2 aromatic carbocycles. The lowest BCUT2D eigenvalue weighted by Gasteiger charge is -2.42. The highest BCUT2D eigenvalue weighted by Gasteiger charge is 2.37. The second-order valence-electron chi connectivity index (χ2n) is 9.59. The van der Waals surface area contributed by atoms with Gasteiger partial charge < -0.3 is 14.5 Å². The maximum atomic E-state index is 13.2. The summed E-state index contributed by atoms with van der Waals surface area (Å²) in [5.74, 6) is 0.509. The van der Waals surface area contributed by atoms with Crippen LogP contribution in [-0.2, 0) is 4.79 Å². The van der Waals surface area contributed by atoms with Crippen LogP contribution < -0.4 is 4.74 Å². The van der Waals surface area contributed by atoms with Crippen LogP contribution in [-0.4, -0.2) is 59.3 Å². The second kappa shape index (κ2) is 10.3. The molecule has 5 nitrogen and oxygen atoms in total. The zero-order chi connectivity index (χ0) is 23.4. The van der Waals surface area contributed by atoms with Gasteiger partial charge in [0.2, 0.25) is 0 Å². The van der Waals surface area contributed by atoms with E-state index in [-0.39, 0.29) is 11.7 Å². The largest absolute Gasteiger partial charge is 0.478 e. The number of ketones is 1. The summed E-state index contributed by atoms with van der Waals surface area (Å²) in [5, 5.41) is 0.595. The topological polar surface area (TPSA) is 49.9 Å². The van der Waals surface area contributed by atoms with Crippen LogP contribution in [0.2, 0.25) is 5.02 Å².